The lowest BCUT2D eigenvalue weighted by Crippen LogP contribution is -2.30. The fourth-order valence-corrected chi connectivity index (χ4v) is 1.56. The van der Waals surface area contributed by atoms with E-state index in [1.54, 1.807) is 7.11 Å². The Hall–Kier alpha value is -0.120. The molecule has 0 aromatic heterocycles. The van der Waals surface area contributed by atoms with Crippen molar-refractivity contribution in [1.29, 1.82) is 0 Å². The molecule has 1 unspecified atom stereocenters. The first-order valence-electron chi connectivity index (χ1n) is 5.63. The number of rotatable bonds is 9. The summed E-state index contributed by atoms with van der Waals surface area (Å²) in [5.74, 6) is 1.01. The summed E-state index contributed by atoms with van der Waals surface area (Å²) in [5.41, 5.74) is 0. The van der Waals surface area contributed by atoms with Gasteiger partial charge in [0, 0.05) is 19.7 Å². The third-order valence-corrected chi connectivity index (χ3v) is 2.55. The summed E-state index contributed by atoms with van der Waals surface area (Å²) in [6.07, 6.45) is 4.21. The minimum atomic E-state index is 0.647. The Kier molecular flexibility index (Phi) is 6.15. The summed E-state index contributed by atoms with van der Waals surface area (Å²) in [5, 5.41) is 3.47. The average Bonchev–Trinajstić information content (AvgIpc) is 2.95. The third-order valence-electron chi connectivity index (χ3n) is 2.55. The molecule has 14 heavy (non-hydrogen) atoms. The molecule has 0 amide bonds. The van der Waals surface area contributed by atoms with Crippen molar-refractivity contribution in [2.75, 3.05) is 33.5 Å². The predicted octanol–water partition coefficient (Wildman–Crippen LogP) is 1.43. The van der Waals surface area contributed by atoms with Gasteiger partial charge in [-0.2, -0.15) is 0 Å². The smallest absolute Gasteiger partial charge is 0.0700 e. The molecule has 1 fully saturated rings. The first kappa shape index (κ1) is 12.0. The van der Waals surface area contributed by atoms with E-state index in [1.165, 1.54) is 19.3 Å². The lowest BCUT2D eigenvalue weighted by molar-refractivity contribution is 0.0711. The lowest BCUT2D eigenvalue weighted by Gasteiger charge is -2.13. The van der Waals surface area contributed by atoms with Crippen LogP contribution in [-0.2, 0) is 9.47 Å². The zero-order valence-corrected chi connectivity index (χ0v) is 9.42. The van der Waals surface area contributed by atoms with Crippen molar-refractivity contribution in [3.63, 3.8) is 0 Å². The van der Waals surface area contributed by atoms with Crippen molar-refractivity contribution in [1.82, 2.24) is 5.32 Å². The molecule has 1 N–H and O–H groups in total. The molecule has 1 rings (SSSR count). The van der Waals surface area contributed by atoms with E-state index >= 15 is 0 Å². The van der Waals surface area contributed by atoms with Gasteiger partial charge in [-0.05, 0) is 19.3 Å². The van der Waals surface area contributed by atoms with Gasteiger partial charge in [0.05, 0.1) is 19.8 Å². The van der Waals surface area contributed by atoms with Gasteiger partial charge in [-0.1, -0.05) is 12.8 Å². The fraction of sp³-hybridized carbons (Fsp3) is 1.00. The fourth-order valence-electron chi connectivity index (χ4n) is 1.56. The number of hydrogen-bond donors (Lipinski definition) is 1. The molecule has 84 valence electrons. The average molecular weight is 201 g/mol. The molecule has 3 nitrogen and oxygen atoms in total. The van der Waals surface area contributed by atoms with Crippen molar-refractivity contribution < 1.29 is 9.47 Å². The van der Waals surface area contributed by atoms with Gasteiger partial charge < -0.3 is 14.8 Å². The molecule has 0 saturated heterocycles. The maximum absolute atomic E-state index is 5.36. The molecule has 1 saturated carbocycles. The third kappa shape index (κ3) is 6.35. The molecule has 0 spiro atoms. The molecule has 0 aliphatic heterocycles. The van der Waals surface area contributed by atoms with Crippen LogP contribution in [0.5, 0.6) is 0 Å². The maximum Gasteiger partial charge on any atom is 0.0700 e. The van der Waals surface area contributed by atoms with Crippen LogP contribution in [-0.4, -0.2) is 39.5 Å². The summed E-state index contributed by atoms with van der Waals surface area (Å²) in [6, 6.07) is 0.647. The van der Waals surface area contributed by atoms with Crippen molar-refractivity contribution in [3.8, 4) is 0 Å². The van der Waals surface area contributed by atoms with Gasteiger partial charge in [-0.25, -0.2) is 0 Å². The Bertz CT molecular complexity index is 137. The summed E-state index contributed by atoms with van der Waals surface area (Å²) in [6.45, 7) is 5.40. The van der Waals surface area contributed by atoms with Crippen LogP contribution in [0, 0.1) is 5.92 Å². The molecule has 0 aromatic carbocycles. The van der Waals surface area contributed by atoms with E-state index in [2.05, 4.69) is 12.2 Å². The number of methoxy groups -OCH3 is 1. The normalized spacial score (nSPS) is 18.4. The van der Waals surface area contributed by atoms with Crippen LogP contribution in [0.3, 0.4) is 0 Å². The molecule has 1 aliphatic rings. The van der Waals surface area contributed by atoms with Crippen molar-refractivity contribution >= 4 is 0 Å². The molecule has 1 aliphatic carbocycles. The Morgan fingerprint density at radius 2 is 2.07 bits per heavy atom. The molecule has 0 aromatic rings. The Labute approximate surface area is 87.2 Å². The molecular formula is C11H23NO2. The molecular weight excluding hydrogens is 178 g/mol. The minimum absolute atomic E-state index is 0.647. The highest BCUT2D eigenvalue weighted by atomic mass is 16.5. The highest BCUT2D eigenvalue weighted by molar-refractivity contribution is 4.77. The van der Waals surface area contributed by atoms with Crippen LogP contribution in [0.2, 0.25) is 0 Å². The van der Waals surface area contributed by atoms with Gasteiger partial charge in [0.2, 0.25) is 0 Å². The first-order chi connectivity index (χ1) is 6.83. The van der Waals surface area contributed by atoms with Crippen LogP contribution < -0.4 is 5.32 Å². The molecule has 0 radical (unpaired) electrons. The zero-order chi connectivity index (χ0) is 10.2. The predicted molar refractivity (Wildman–Crippen MR) is 57.5 cm³/mol. The first-order valence-corrected chi connectivity index (χ1v) is 5.63. The maximum atomic E-state index is 5.36. The molecule has 3 heteroatoms. The summed E-state index contributed by atoms with van der Waals surface area (Å²) in [7, 11) is 1.69. The summed E-state index contributed by atoms with van der Waals surface area (Å²) >= 11 is 0. The number of nitrogens with one attached hydrogen (secondary N) is 1. The van der Waals surface area contributed by atoms with Crippen LogP contribution in [0.25, 0.3) is 0 Å². The second-order valence-corrected chi connectivity index (χ2v) is 4.14. The molecule has 1 atom stereocenters. The molecule has 0 bridgehead atoms. The van der Waals surface area contributed by atoms with Gasteiger partial charge in [0.15, 0.2) is 0 Å². The van der Waals surface area contributed by atoms with E-state index in [1.807, 2.05) is 0 Å². The van der Waals surface area contributed by atoms with Crippen LogP contribution in [0.4, 0.5) is 0 Å². The number of ether oxygens (including phenoxy) is 2. The zero-order valence-electron chi connectivity index (χ0n) is 9.42. The standard InChI is InChI=1S/C11H23NO2/c1-10(9-11-3-4-11)12-5-6-14-8-7-13-2/h10-12H,3-9H2,1-2H3. The monoisotopic (exact) mass is 201 g/mol. The Morgan fingerprint density at radius 3 is 2.71 bits per heavy atom. The van der Waals surface area contributed by atoms with Crippen LogP contribution in [0.1, 0.15) is 26.2 Å². The van der Waals surface area contributed by atoms with Gasteiger partial charge in [-0.15, -0.1) is 0 Å². The highest BCUT2D eigenvalue weighted by Crippen LogP contribution is 2.33. The second-order valence-electron chi connectivity index (χ2n) is 4.14. The Balaban J connectivity index is 1.77. The van der Waals surface area contributed by atoms with E-state index in [0.29, 0.717) is 19.3 Å². The van der Waals surface area contributed by atoms with Crippen molar-refractivity contribution in [3.05, 3.63) is 0 Å². The quantitative estimate of drug-likeness (QED) is 0.572. The van der Waals surface area contributed by atoms with Gasteiger partial charge in [0.1, 0.15) is 0 Å². The topological polar surface area (TPSA) is 30.5 Å². The molecule has 0 heterocycles. The SMILES string of the molecule is COCCOCCNC(C)CC1CC1. The van der Waals surface area contributed by atoms with Crippen molar-refractivity contribution in [2.45, 2.75) is 32.2 Å². The van der Waals surface area contributed by atoms with Crippen molar-refractivity contribution in [2.24, 2.45) is 5.92 Å². The Morgan fingerprint density at radius 1 is 1.29 bits per heavy atom. The van der Waals surface area contributed by atoms with Gasteiger partial charge in [-0.3, -0.25) is 0 Å². The van der Waals surface area contributed by atoms with Gasteiger partial charge >= 0.3 is 0 Å². The van der Waals surface area contributed by atoms with Crippen LogP contribution >= 0.6 is 0 Å². The summed E-state index contributed by atoms with van der Waals surface area (Å²) < 4.78 is 10.2. The largest absolute Gasteiger partial charge is 0.382 e. The van der Waals surface area contributed by atoms with Crippen LogP contribution in [0.15, 0.2) is 0 Å². The van der Waals surface area contributed by atoms with E-state index in [-0.39, 0.29) is 0 Å². The number of hydrogen-bond acceptors (Lipinski definition) is 3. The van der Waals surface area contributed by atoms with E-state index in [0.717, 1.165) is 19.1 Å². The second kappa shape index (κ2) is 7.21. The minimum Gasteiger partial charge on any atom is -0.382 e. The van der Waals surface area contributed by atoms with E-state index in [4.69, 9.17) is 9.47 Å². The van der Waals surface area contributed by atoms with E-state index in [9.17, 15) is 0 Å². The van der Waals surface area contributed by atoms with E-state index < -0.39 is 0 Å². The van der Waals surface area contributed by atoms with Gasteiger partial charge in [0.25, 0.3) is 0 Å². The highest BCUT2D eigenvalue weighted by Gasteiger charge is 2.22. The summed E-state index contributed by atoms with van der Waals surface area (Å²) in [4.78, 5) is 0. The lowest BCUT2D eigenvalue weighted by atomic mass is 10.2.